The third kappa shape index (κ3) is 1.22. The van der Waals surface area contributed by atoms with E-state index in [1.165, 1.54) is 0 Å². The Morgan fingerprint density at radius 1 is 1.38 bits per heavy atom. The molecule has 3 aromatic heterocycles. The molecule has 0 radical (unpaired) electrons. The molecular formula is C9H9N7. The summed E-state index contributed by atoms with van der Waals surface area (Å²) in [6, 6.07) is 1.86. The molecular weight excluding hydrogens is 206 g/mol. The molecule has 0 fully saturated rings. The van der Waals surface area contributed by atoms with E-state index in [9.17, 15) is 0 Å². The summed E-state index contributed by atoms with van der Waals surface area (Å²) >= 11 is 0. The summed E-state index contributed by atoms with van der Waals surface area (Å²) in [6.45, 7) is 0. The smallest absolute Gasteiger partial charge is 0.222 e. The van der Waals surface area contributed by atoms with Gasteiger partial charge in [0, 0.05) is 13.2 Å². The van der Waals surface area contributed by atoms with Crippen LogP contribution in [0.5, 0.6) is 0 Å². The van der Waals surface area contributed by atoms with Gasteiger partial charge in [-0.2, -0.15) is 10.1 Å². The normalized spacial score (nSPS) is 11.1. The Morgan fingerprint density at radius 2 is 2.25 bits per heavy atom. The highest BCUT2D eigenvalue weighted by Gasteiger charge is 2.12. The summed E-state index contributed by atoms with van der Waals surface area (Å²) in [4.78, 5) is 15.2. The van der Waals surface area contributed by atoms with Crippen LogP contribution >= 0.6 is 0 Å². The van der Waals surface area contributed by atoms with E-state index in [-0.39, 0.29) is 5.95 Å². The first kappa shape index (κ1) is 8.84. The molecule has 0 aliphatic rings. The van der Waals surface area contributed by atoms with Gasteiger partial charge < -0.3 is 10.7 Å². The topological polar surface area (TPSA) is 98.3 Å². The predicted octanol–water partition coefficient (Wildman–Crippen LogP) is 0.336. The number of hydrogen-bond donors (Lipinski definition) is 2. The Bertz CT molecular complexity index is 651. The lowest BCUT2D eigenvalue weighted by atomic mass is 10.3. The maximum Gasteiger partial charge on any atom is 0.222 e. The number of rotatable bonds is 1. The number of anilines is 1. The van der Waals surface area contributed by atoms with Crippen LogP contribution in [0.25, 0.3) is 22.6 Å². The van der Waals surface area contributed by atoms with Crippen LogP contribution in [-0.4, -0.2) is 29.7 Å². The predicted molar refractivity (Wildman–Crippen MR) is 58.3 cm³/mol. The van der Waals surface area contributed by atoms with Crippen LogP contribution in [0.4, 0.5) is 5.95 Å². The van der Waals surface area contributed by atoms with E-state index in [1.54, 1.807) is 11.0 Å². The first-order chi connectivity index (χ1) is 7.74. The van der Waals surface area contributed by atoms with Crippen LogP contribution in [0, 0.1) is 0 Å². The van der Waals surface area contributed by atoms with E-state index in [2.05, 4.69) is 25.0 Å². The minimum atomic E-state index is 0.195. The van der Waals surface area contributed by atoms with Crippen molar-refractivity contribution in [1.29, 1.82) is 0 Å². The first-order valence-corrected chi connectivity index (χ1v) is 4.70. The van der Waals surface area contributed by atoms with Crippen molar-refractivity contribution in [2.24, 2.45) is 7.05 Å². The van der Waals surface area contributed by atoms with Gasteiger partial charge in [-0.25, -0.2) is 9.97 Å². The van der Waals surface area contributed by atoms with Gasteiger partial charge >= 0.3 is 0 Å². The third-order valence-electron chi connectivity index (χ3n) is 2.26. The summed E-state index contributed by atoms with van der Waals surface area (Å²) in [7, 11) is 1.85. The van der Waals surface area contributed by atoms with E-state index >= 15 is 0 Å². The Labute approximate surface area is 90.4 Å². The number of hydrogen-bond acceptors (Lipinski definition) is 5. The summed E-state index contributed by atoms with van der Waals surface area (Å²) in [5.41, 5.74) is 8.32. The Balaban J connectivity index is 2.33. The van der Waals surface area contributed by atoms with Crippen LogP contribution < -0.4 is 5.73 Å². The van der Waals surface area contributed by atoms with Crippen LogP contribution in [-0.2, 0) is 7.05 Å². The lowest BCUT2D eigenvalue weighted by Gasteiger charge is -1.99. The second-order valence-electron chi connectivity index (χ2n) is 3.41. The number of nitrogens with two attached hydrogens (primary N) is 1. The van der Waals surface area contributed by atoms with Crippen LogP contribution in [0.15, 0.2) is 18.6 Å². The molecule has 0 aromatic carbocycles. The fourth-order valence-corrected chi connectivity index (χ4v) is 1.58. The number of fused-ring (bicyclic) bond motifs is 1. The van der Waals surface area contributed by atoms with Crippen molar-refractivity contribution in [2.75, 3.05) is 5.73 Å². The maximum absolute atomic E-state index is 5.62. The minimum absolute atomic E-state index is 0.195. The molecule has 0 atom stereocenters. The molecule has 7 heteroatoms. The van der Waals surface area contributed by atoms with Gasteiger partial charge in [-0.05, 0) is 6.07 Å². The number of aryl methyl sites for hydroxylation is 1. The highest BCUT2D eigenvalue weighted by atomic mass is 15.3. The standard InChI is InChI=1S/C9H9N7/c1-16-3-2-5(15-16)6-7-8(12-4-11-7)14-9(10)13-6/h2-4H,1H3,(H3,10,11,12,13,14). The van der Waals surface area contributed by atoms with Gasteiger partial charge in [0.1, 0.15) is 16.9 Å². The highest BCUT2D eigenvalue weighted by Crippen LogP contribution is 2.22. The van der Waals surface area contributed by atoms with Gasteiger partial charge in [-0.15, -0.1) is 0 Å². The SMILES string of the molecule is Cn1ccc(-c2nc(N)nc3nc[nH]c23)n1. The average molecular weight is 215 g/mol. The van der Waals surface area contributed by atoms with Gasteiger partial charge in [0.05, 0.1) is 6.33 Å². The molecule has 0 saturated carbocycles. The Hall–Kier alpha value is -2.44. The van der Waals surface area contributed by atoms with Gasteiger partial charge in [0.25, 0.3) is 0 Å². The van der Waals surface area contributed by atoms with E-state index < -0.39 is 0 Å². The highest BCUT2D eigenvalue weighted by molar-refractivity contribution is 5.86. The van der Waals surface area contributed by atoms with Crippen molar-refractivity contribution < 1.29 is 0 Å². The Morgan fingerprint density at radius 3 is 3.00 bits per heavy atom. The lowest BCUT2D eigenvalue weighted by molar-refractivity contribution is 0.770. The molecule has 3 aromatic rings. The van der Waals surface area contributed by atoms with Gasteiger partial charge in [0.15, 0.2) is 5.65 Å². The summed E-state index contributed by atoms with van der Waals surface area (Å²) in [5, 5.41) is 4.27. The molecule has 0 unspecified atom stereocenters. The number of aromatic amines is 1. The van der Waals surface area contributed by atoms with Crippen LogP contribution in [0.1, 0.15) is 0 Å². The molecule has 0 amide bonds. The van der Waals surface area contributed by atoms with Gasteiger partial charge in [-0.3, -0.25) is 4.68 Å². The van der Waals surface area contributed by atoms with Gasteiger partial charge in [-0.1, -0.05) is 0 Å². The number of imidazole rings is 1. The molecule has 80 valence electrons. The molecule has 0 aliphatic heterocycles. The number of aromatic nitrogens is 6. The largest absolute Gasteiger partial charge is 0.368 e. The molecule has 0 bridgehead atoms. The first-order valence-electron chi connectivity index (χ1n) is 4.70. The zero-order chi connectivity index (χ0) is 11.1. The zero-order valence-electron chi connectivity index (χ0n) is 8.55. The second kappa shape index (κ2) is 3.02. The van der Waals surface area contributed by atoms with Crippen molar-refractivity contribution in [3.63, 3.8) is 0 Å². The lowest BCUT2D eigenvalue weighted by Crippen LogP contribution is -1.98. The average Bonchev–Trinajstić information content (AvgIpc) is 2.84. The van der Waals surface area contributed by atoms with E-state index in [0.717, 1.165) is 11.2 Å². The molecule has 16 heavy (non-hydrogen) atoms. The monoisotopic (exact) mass is 215 g/mol. The molecule has 0 aliphatic carbocycles. The van der Waals surface area contributed by atoms with Crippen molar-refractivity contribution >= 4 is 17.1 Å². The second-order valence-corrected chi connectivity index (χ2v) is 3.41. The molecule has 3 heterocycles. The van der Waals surface area contributed by atoms with E-state index in [0.29, 0.717) is 11.3 Å². The number of nitrogens with zero attached hydrogens (tertiary/aromatic N) is 5. The number of nitrogen functional groups attached to an aromatic ring is 1. The summed E-state index contributed by atoms with van der Waals surface area (Å²) in [5.74, 6) is 0.195. The summed E-state index contributed by atoms with van der Waals surface area (Å²) in [6.07, 6.45) is 3.40. The van der Waals surface area contributed by atoms with Gasteiger partial charge in [0.2, 0.25) is 5.95 Å². The molecule has 7 nitrogen and oxygen atoms in total. The maximum atomic E-state index is 5.62. The van der Waals surface area contributed by atoms with Crippen molar-refractivity contribution in [3.05, 3.63) is 18.6 Å². The van der Waals surface area contributed by atoms with Crippen molar-refractivity contribution in [1.82, 2.24) is 29.7 Å². The van der Waals surface area contributed by atoms with E-state index in [1.807, 2.05) is 19.3 Å². The van der Waals surface area contributed by atoms with E-state index in [4.69, 9.17) is 5.73 Å². The fraction of sp³-hybridized carbons (Fsp3) is 0.111. The zero-order valence-corrected chi connectivity index (χ0v) is 8.55. The molecule has 0 spiro atoms. The summed E-state index contributed by atoms with van der Waals surface area (Å²) < 4.78 is 1.70. The van der Waals surface area contributed by atoms with Crippen molar-refractivity contribution in [2.45, 2.75) is 0 Å². The third-order valence-corrected chi connectivity index (χ3v) is 2.26. The van der Waals surface area contributed by atoms with Crippen molar-refractivity contribution in [3.8, 4) is 11.4 Å². The molecule has 3 rings (SSSR count). The quantitative estimate of drug-likeness (QED) is 0.609. The molecule has 3 N–H and O–H groups in total. The Kier molecular flexibility index (Phi) is 1.67. The fourth-order valence-electron chi connectivity index (χ4n) is 1.58. The molecule has 0 saturated heterocycles. The number of H-pyrrole nitrogens is 1. The van der Waals surface area contributed by atoms with Crippen LogP contribution in [0.2, 0.25) is 0 Å². The van der Waals surface area contributed by atoms with Crippen LogP contribution in [0.3, 0.4) is 0 Å². The number of nitrogens with one attached hydrogen (secondary N) is 1. The minimum Gasteiger partial charge on any atom is -0.368 e.